The quantitative estimate of drug-likeness (QED) is 0.911. The first kappa shape index (κ1) is 12.4. The van der Waals surface area contributed by atoms with Gasteiger partial charge in [0.05, 0.1) is 20.2 Å². The van der Waals surface area contributed by atoms with Gasteiger partial charge in [0.25, 0.3) is 0 Å². The van der Waals surface area contributed by atoms with Crippen LogP contribution in [0.4, 0.5) is 0 Å². The number of hydrogen-bond donors (Lipinski definition) is 1. The van der Waals surface area contributed by atoms with E-state index in [9.17, 15) is 4.79 Å². The van der Waals surface area contributed by atoms with E-state index in [0.29, 0.717) is 20.2 Å². The van der Waals surface area contributed by atoms with Crippen LogP contribution in [0.3, 0.4) is 0 Å². The van der Waals surface area contributed by atoms with E-state index >= 15 is 0 Å². The van der Waals surface area contributed by atoms with Crippen molar-refractivity contribution in [1.82, 2.24) is 9.78 Å². The van der Waals surface area contributed by atoms with Crippen LogP contribution in [0.2, 0.25) is 10.0 Å². The molecule has 1 N–H and O–H groups in total. The van der Waals surface area contributed by atoms with Gasteiger partial charge in [0.2, 0.25) is 0 Å². The zero-order valence-electron chi connectivity index (χ0n) is 8.19. The number of rotatable bonds is 2. The van der Waals surface area contributed by atoms with E-state index in [2.05, 4.69) is 21.0 Å². The van der Waals surface area contributed by atoms with Crippen molar-refractivity contribution >= 4 is 45.1 Å². The molecule has 0 unspecified atom stereocenters. The summed E-state index contributed by atoms with van der Waals surface area (Å²) in [6.45, 7) is 0. The highest BCUT2D eigenvalue weighted by Gasteiger charge is 2.16. The summed E-state index contributed by atoms with van der Waals surface area (Å²) < 4.78 is 1.74. The molecule has 0 radical (unpaired) electrons. The van der Waals surface area contributed by atoms with Crippen LogP contribution in [0.1, 0.15) is 10.5 Å². The van der Waals surface area contributed by atoms with Gasteiger partial charge >= 0.3 is 5.97 Å². The van der Waals surface area contributed by atoms with Crippen molar-refractivity contribution in [1.29, 1.82) is 0 Å². The molecule has 0 spiro atoms. The van der Waals surface area contributed by atoms with Gasteiger partial charge in [-0.1, -0.05) is 29.3 Å². The lowest BCUT2D eigenvalue weighted by molar-refractivity contribution is 0.0689. The van der Waals surface area contributed by atoms with Gasteiger partial charge in [0.15, 0.2) is 5.69 Å². The fraction of sp³-hybridized carbons (Fsp3) is 0. The summed E-state index contributed by atoms with van der Waals surface area (Å²) >= 11 is 15.0. The predicted octanol–water partition coefficient (Wildman–Crippen LogP) is 3.64. The summed E-state index contributed by atoms with van der Waals surface area (Å²) in [6.07, 6.45) is 1.51. The van der Waals surface area contributed by atoms with Crippen LogP contribution in [0, 0.1) is 0 Å². The second kappa shape index (κ2) is 4.68. The molecular weight excluding hydrogens is 331 g/mol. The topological polar surface area (TPSA) is 55.1 Å². The Kier molecular flexibility index (Phi) is 3.42. The van der Waals surface area contributed by atoms with Gasteiger partial charge in [-0.25, -0.2) is 9.48 Å². The van der Waals surface area contributed by atoms with Crippen molar-refractivity contribution in [3.63, 3.8) is 0 Å². The van der Waals surface area contributed by atoms with Crippen LogP contribution < -0.4 is 0 Å². The molecule has 0 bridgehead atoms. The van der Waals surface area contributed by atoms with E-state index in [1.165, 1.54) is 10.9 Å². The Morgan fingerprint density at radius 2 is 2.12 bits per heavy atom. The number of carbonyl (C=O) groups is 1. The summed E-state index contributed by atoms with van der Waals surface area (Å²) in [5.74, 6) is -1.12. The maximum absolute atomic E-state index is 10.9. The molecule has 1 heterocycles. The van der Waals surface area contributed by atoms with Gasteiger partial charge in [-0.15, -0.1) is 0 Å². The lowest BCUT2D eigenvalue weighted by atomic mass is 10.3. The molecule has 0 aliphatic heterocycles. The largest absolute Gasteiger partial charge is 0.476 e. The van der Waals surface area contributed by atoms with E-state index in [4.69, 9.17) is 28.3 Å². The van der Waals surface area contributed by atoms with E-state index in [-0.39, 0.29) is 5.69 Å². The van der Waals surface area contributed by atoms with Crippen LogP contribution >= 0.6 is 39.1 Å². The fourth-order valence-corrected chi connectivity index (χ4v) is 2.12. The molecule has 88 valence electrons. The lowest BCUT2D eigenvalue weighted by Crippen LogP contribution is -2.01. The Morgan fingerprint density at radius 1 is 1.41 bits per heavy atom. The first-order chi connectivity index (χ1) is 8.00. The molecule has 2 rings (SSSR count). The van der Waals surface area contributed by atoms with Gasteiger partial charge in [0, 0.05) is 6.20 Å². The molecule has 0 aliphatic rings. The highest BCUT2D eigenvalue weighted by atomic mass is 79.9. The monoisotopic (exact) mass is 334 g/mol. The average Bonchev–Trinajstić information content (AvgIpc) is 2.64. The number of hydrogen-bond acceptors (Lipinski definition) is 2. The summed E-state index contributed by atoms with van der Waals surface area (Å²) in [5.41, 5.74) is 0.438. The van der Waals surface area contributed by atoms with Crippen molar-refractivity contribution in [2.45, 2.75) is 0 Å². The van der Waals surface area contributed by atoms with E-state index in [1.807, 2.05) is 0 Å². The van der Waals surface area contributed by atoms with Gasteiger partial charge in [0.1, 0.15) is 0 Å². The Hall–Kier alpha value is -1.04. The molecule has 17 heavy (non-hydrogen) atoms. The molecule has 1 aromatic heterocycles. The van der Waals surface area contributed by atoms with Gasteiger partial charge in [-0.3, -0.25) is 0 Å². The second-order valence-corrected chi connectivity index (χ2v) is 4.79. The van der Waals surface area contributed by atoms with Crippen LogP contribution in [-0.2, 0) is 0 Å². The second-order valence-electron chi connectivity index (χ2n) is 3.15. The van der Waals surface area contributed by atoms with E-state index < -0.39 is 5.97 Å². The fourth-order valence-electron chi connectivity index (χ4n) is 1.29. The van der Waals surface area contributed by atoms with Crippen molar-refractivity contribution in [2.24, 2.45) is 0 Å². The molecule has 2 aromatic rings. The Labute approximate surface area is 115 Å². The number of carboxylic acid groups (broad SMARTS) is 1. The highest BCUT2D eigenvalue weighted by molar-refractivity contribution is 9.10. The first-order valence-corrected chi connectivity index (χ1v) is 5.98. The summed E-state index contributed by atoms with van der Waals surface area (Å²) in [4.78, 5) is 10.9. The number of aromatic carboxylic acids is 1. The molecule has 1 aromatic carbocycles. The molecule has 0 saturated heterocycles. The first-order valence-electron chi connectivity index (χ1n) is 4.43. The average molecular weight is 336 g/mol. The summed E-state index contributed by atoms with van der Waals surface area (Å²) in [7, 11) is 0. The third kappa shape index (κ3) is 2.31. The van der Waals surface area contributed by atoms with Crippen LogP contribution in [-0.4, -0.2) is 20.9 Å². The van der Waals surface area contributed by atoms with Gasteiger partial charge in [-0.2, -0.15) is 5.10 Å². The Balaban J connectivity index is 2.58. The minimum Gasteiger partial charge on any atom is -0.476 e. The normalized spacial score (nSPS) is 10.5. The standard InChI is InChI=1S/C10H5BrCl2N2O2/c11-5-4-15(14-9(5)10(16)17)7-3-1-2-6(12)8(7)13/h1-4H,(H,16,17). The SMILES string of the molecule is O=C(O)c1nn(-c2cccc(Cl)c2Cl)cc1Br. The minimum atomic E-state index is -1.12. The zero-order chi connectivity index (χ0) is 12.6. The van der Waals surface area contributed by atoms with Gasteiger partial charge in [-0.05, 0) is 28.1 Å². The smallest absolute Gasteiger partial charge is 0.357 e. The number of halogens is 3. The Morgan fingerprint density at radius 3 is 2.71 bits per heavy atom. The van der Waals surface area contributed by atoms with Crippen molar-refractivity contribution in [3.8, 4) is 5.69 Å². The molecule has 0 saturated carbocycles. The maximum Gasteiger partial charge on any atom is 0.357 e. The summed E-state index contributed by atoms with van der Waals surface area (Å²) in [6, 6.07) is 5.04. The van der Waals surface area contributed by atoms with Crippen LogP contribution in [0.15, 0.2) is 28.9 Å². The lowest BCUT2D eigenvalue weighted by Gasteiger charge is -2.04. The number of aromatic nitrogens is 2. The maximum atomic E-state index is 10.9. The van der Waals surface area contributed by atoms with Crippen LogP contribution in [0.25, 0.3) is 5.69 Å². The Bertz CT molecular complexity index is 598. The number of nitrogens with zero attached hydrogens (tertiary/aromatic N) is 2. The molecule has 0 atom stereocenters. The third-order valence-electron chi connectivity index (χ3n) is 2.05. The molecule has 0 aliphatic carbocycles. The van der Waals surface area contributed by atoms with Gasteiger partial charge < -0.3 is 5.11 Å². The number of benzene rings is 1. The van der Waals surface area contributed by atoms with Crippen molar-refractivity contribution in [2.75, 3.05) is 0 Å². The number of carboxylic acids is 1. The van der Waals surface area contributed by atoms with E-state index in [0.717, 1.165) is 0 Å². The molecule has 4 nitrogen and oxygen atoms in total. The predicted molar refractivity (Wildman–Crippen MR) is 68.2 cm³/mol. The van der Waals surface area contributed by atoms with Crippen molar-refractivity contribution < 1.29 is 9.90 Å². The zero-order valence-corrected chi connectivity index (χ0v) is 11.3. The molecular formula is C10H5BrCl2N2O2. The molecule has 0 fully saturated rings. The molecule has 0 amide bonds. The highest BCUT2D eigenvalue weighted by Crippen LogP contribution is 2.29. The molecule has 7 heteroatoms. The summed E-state index contributed by atoms with van der Waals surface area (Å²) in [5, 5.41) is 13.5. The van der Waals surface area contributed by atoms with Crippen molar-refractivity contribution in [3.05, 3.63) is 44.6 Å². The van der Waals surface area contributed by atoms with Crippen LogP contribution in [0.5, 0.6) is 0 Å². The van der Waals surface area contributed by atoms with E-state index in [1.54, 1.807) is 18.2 Å². The third-order valence-corrected chi connectivity index (χ3v) is 3.44. The minimum absolute atomic E-state index is 0.0824.